The molecule has 1 aromatic rings. The molecule has 0 heterocycles. The van der Waals surface area contributed by atoms with E-state index in [2.05, 4.69) is 6.92 Å². The monoisotopic (exact) mass is 276 g/mol. The Hall–Kier alpha value is -1.68. The number of unbranched alkanes of at least 4 members (excludes halogenated alkanes) is 1. The van der Waals surface area contributed by atoms with Crippen LogP contribution in [0, 0.1) is 13.8 Å². The number of hydrogen-bond donors (Lipinski definition) is 1. The Bertz CT molecular complexity index is 483. The molecule has 2 N–H and O–H groups in total. The number of hydrogen-bond acceptors (Lipinski definition) is 3. The zero-order valence-corrected chi connectivity index (χ0v) is 12.6. The Kier molecular flexibility index (Phi) is 6.39. The second-order valence-corrected chi connectivity index (χ2v) is 5.27. The lowest BCUT2D eigenvalue weighted by atomic mass is 10.0. The third-order valence-corrected chi connectivity index (χ3v) is 3.27. The number of carbonyl (C=O) groups excluding carboxylic acids is 2. The number of amides is 1. The zero-order chi connectivity index (χ0) is 15.1. The predicted molar refractivity (Wildman–Crippen MR) is 80.8 cm³/mol. The van der Waals surface area contributed by atoms with Crippen molar-refractivity contribution < 1.29 is 9.59 Å². The van der Waals surface area contributed by atoms with Crippen molar-refractivity contribution in [2.24, 2.45) is 5.73 Å². The van der Waals surface area contributed by atoms with Crippen molar-refractivity contribution >= 4 is 11.7 Å². The Morgan fingerprint density at radius 2 is 1.90 bits per heavy atom. The van der Waals surface area contributed by atoms with E-state index in [9.17, 15) is 9.59 Å². The van der Waals surface area contributed by atoms with E-state index in [-0.39, 0.29) is 18.9 Å². The molecule has 4 nitrogen and oxygen atoms in total. The van der Waals surface area contributed by atoms with Gasteiger partial charge in [-0.05, 0) is 38.4 Å². The van der Waals surface area contributed by atoms with E-state index in [0.29, 0.717) is 0 Å². The van der Waals surface area contributed by atoms with Crippen LogP contribution in [0.4, 0.5) is 0 Å². The molecule has 0 saturated carbocycles. The highest BCUT2D eigenvalue weighted by Gasteiger charge is 2.15. The first-order chi connectivity index (χ1) is 9.43. The standard InChI is InChI=1S/C16H24N2O2/c1-4-5-8-18(11-16(17)20)10-15(19)14-9-12(2)6-7-13(14)3/h6-7,9H,4-5,8,10-11H2,1-3H3,(H2,17,20). The molecule has 1 amide bonds. The fourth-order valence-electron chi connectivity index (χ4n) is 2.14. The summed E-state index contributed by atoms with van der Waals surface area (Å²) in [5.41, 5.74) is 8.01. The fourth-order valence-corrected chi connectivity index (χ4v) is 2.14. The van der Waals surface area contributed by atoms with E-state index in [1.165, 1.54) is 0 Å². The minimum Gasteiger partial charge on any atom is -0.369 e. The highest BCUT2D eigenvalue weighted by atomic mass is 16.1. The van der Waals surface area contributed by atoms with Crippen LogP contribution in [0.5, 0.6) is 0 Å². The van der Waals surface area contributed by atoms with Crippen LogP contribution >= 0.6 is 0 Å². The van der Waals surface area contributed by atoms with E-state index in [0.717, 1.165) is 36.1 Å². The van der Waals surface area contributed by atoms with Crippen molar-refractivity contribution in [3.63, 3.8) is 0 Å². The van der Waals surface area contributed by atoms with Gasteiger partial charge in [-0.15, -0.1) is 0 Å². The molecule has 0 bridgehead atoms. The maximum atomic E-state index is 12.4. The van der Waals surface area contributed by atoms with Crippen LogP contribution in [0.3, 0.4) is 0 Å². The van der Waals surface area contributed by atoms with E-state index in [1.54, 1.807) is 0 Å². The Morgan fingerprint density at radius 1 is 1.20 bits per heavy atom. The Labute approximate surface area is 121 Å². The molecule has 0 saturated heterocycles. The van der Waals surface area contributed by atoms with Crippen molar-refractivity contribution in [2.75, 3.05) is 19.6 Å². The van der Waals surface area contributed by atoms with Gasteiger partial charge in [0.05, 0.1) is 13.1 Å². The molecule has 110 valence electrons. The SMILES string of the molecule is CCCCN(CC(N)=O)CC(=O)c1cc(C)ccc1C. The maximum Gasteiger partial charge on any atom is 0.231 e. The molecule has 0 aromatic heterocycles. The van der Waals surface area contributed by atoms with Crippen LogP contribution < -0.4 is 5.73 Å². The van der Waals surface area contributed by atoms with E-state index in [1.807, 2.05) is 36.9 Å². The van der Waals surface area contributed by atoms with Crippen molar-refractivity contribution in [1.29, 1.82) is 0 Å². The minimum absolute atomic E-state index is 0.0450. The maximum absolute atomic E-state index is 12.4. The summed E-state index contributed by atoms with van der Waals surface area (Å²) in [5, 5.41) is 0. The largest absolute Gasteiger partial charge is 0.369 e. The van der Waals surface area contributed by atoms with Crippen molar-refractivity contribution in [3.05, 3.63) is 34.9 Å². The van der Waals surface area contributed by atoms with Crippen LogP contribution in [-0.4, -0.2) is 36.2 Å². The summed E-state index contributed by atoms with van der Waals surface area (Å²) in [4.78, 5) is 25.3. The Morgan fingerprint density at radius 3 is 2.50 bits per heavy atom. The van der Waals surface area contributed by atoms with Crippen molar-refractivity contribution in [3.8, 4) is 0 Å². The van der Waals surface area contributed by atoms with Gasteiger partial charge in [-0.2, -0.15) is 0 Å². The van der Waals surface area contributed by atoms with E-state index >= 15 is 0 Å². The van der Waals surface area contributed by atoms with Gasteiger partial charge >= 0.3 is 0 Å². The van der Waals surface area contributed by atoms with E-state index < -0.39 is 5.91 Å². The first-order valence-electron chi connectivity index (χ1n) is 7.05. The molecule has 0 spiro atoms. The van der Waals surface area contributed by atoms with Crippen LogP contribution in [0.1, 0.15) is 41.3 Å². The topological polar surface area (TPSA) is 63.4 Å². The van der Waals surface area contributed by atoms with Gasteiger partial charge in [0.2, 0.25) is 5.91 Å². The summed E-state index contributed by atoms with van der Waals surface area (Å²) < 4.78 is 0. The highest BCUT2D eigenvalue weighted by Crippen LogP contribution is 2.12. The number of ketones is 1. The zero-order valence-electron chi connectivity index (χ0n) is 12.6. The quantitative estimate of drug-likeness (QED) is 0.739. The lowest BCUT2D eigenvalue weighted by Gasteiger charge is -2.20. The lowest BCUT2D eigenvalue weighted by Crippen LogP contribution is -2.38. The molecular formula is C16H24N2O2. The normalized spacial score (nSPS) is 10.8. The summed E-state index contributed by atoms with van der Waals surface area (Å²) in [5.74, 6) is -0.349. The average molecular weight is 276 g/mol. The number of Topliss-reactive ketones (excluding diaryl/α,β-unsaturated/α-hetero) is 1. The minimum atomic E-state index is -0.394. The number of aryl methyl sites for hydroxylation is 2. The van der Waals surface area contributed by atoms with Crippen LogP contribution in [-0.2, 0) is 4.79 Å². The molecule has 20 heavy (non-hydrogen) atoms. The van der Waals surface area contributed by atoms with Crippen LogP contribution in [0.15, 0.2) is 18.2 Å². The predicted octanol–water partition coefficient (Wildman–Crippen LogP) is 2.07. The first-order valence-corrected chi connectivity index (χ1v) is 7.05. The van der Waals surface area contributed by atoms with Gasteiger partial charge in [0.25, 0.3) is 0 Å². The number of nitrogens with two attached hydrogens (primary N) is 1. The third-order valence-electron chi connectivity index (χ3n) is 3.27. The summed E-state index contributed by atoms with van der Waals surface area (Å²) >= 11 is 0. The summed E-state index contributed by atoms with van der Waals surface area (Å²) in [6.07, 6.45) is 1.97. The third kappa shape index (κ3) is 5.13. The van der Waals surface area contributed by atoms with Gasteiger partial charge in [0.1, 0.15) is 0 Å². The Balaban J connectivity index is 2.78. The fraction of sp³-hybridized carbons (Fsp3) is 0.500. The molecule has 0 atom stereocenters. The molecule has 0 aliphatic rings. The average Bonchev–Trinajstić information content (AvgIpc) is 2.38. The van der Waals surface area contributed by atoms with Crippen LogP contribution in [0.25, 0.3) is 0 Å². The molecular weight excluding hydrogens is 252 g/mol. The summed E-state index contributed by atoms with van der Waals surface area (Å²) in [6.45, 7) is 7.07. The molecule has 0 fully saturated rings. The second kappa shape index (κ2) is 7.80. The van der Waals surface area contributed by atoms with E-state index in [4.69, 9.17) is 5.73 Å². The first kappa shape index (κ1) is 16.4. The van der Waals surface area contributed by atoms with Gasteiger partial charge in [-0.25, -0.2) is 0 Å². The summed E-state index contributed by atoms with van der Waals surface area (Å²) in [6, 6.07) is 5.84. The van der Waals surface area contributed by atoms with Crippen molar-refractivity contribution in [2.45, 2.75) is 33.6 Å². The van der Waals surface area contributed by atoms with Crippen LogP contribution in [0.2, 0.25) is 0 Å². The second-order valence-electron chi connectivity index (χ2n) is 5.27. The smallest absolute Gasteiger partial charge is 0.231 e. The molecule has 1 aromatic carbocycles. The number of carbonyl (C=O) groups is 2. The summed E-state index contributed by atoms with van der Waals surface area (Å²) in [7, 11) is 0. The molecule has 0 aliphatic carbocycles. The number of rotatable bonds is 8. The van der Waals surface area contributed by atoms with Gasteiger partial charge in [0.15, 0.2) is 5.78 Å². The van der Waals surface area contributed by atoms with Gasteiger partial charge in [-0.1, -0.05) is 31.0 Å². The molecule has 0 unspecified atom stereocenters. The van der Waals surface area contributed by atoms with Gasteiger partial charge < -0.3 is 5.73 Å². The number of benzene rings is 1. The molecule has 4 heteroatoms. The highest BCUT2D eigenvalue weighted by molar-refractivity contribution is 5.99. The van der Waals surface area contributed by atoms with Crippen molar-refractivity contribution in [1.82, 2.24) is 4.90 Å². The molecule has 0 radical (unpaired) electrons. The van der Waals surface area contributed by atoms with Gasteiger partial charge in [0, 0.05) is 5.56 Å². The number of primary amides is 1. The number of nitrogens with zero attached hydrogens (tertiary/aromatic N) is 1. The molecule has 0 aliphatic heterocycles. The molecule has 1 rings (SSSR count). The lowest BCUT2D eigenvalue weighted by molar-refractivity contribution is -0.119. The van der Waals surface area contributed by atoms with Gasteiger partial charge in [-0.3, -0.25) is 14.5 Å².